The molecule has 154 valence electrons. The molecule has 8 heteroatoms. The summed E-state index contributed by atoms with van der Waals surface area (Å²) in [5.41, 5.74) is 0.849. The predicted molar refractivity (Wildman–Crippen MR) is 105 cm³/mol. The van der Waals surface area contributed by atoms with E-state index >= 15 is 0 Å². The van der Waals surface area contributed by atoms with Crippen LogP contribution in [0.3, 0.4) is 0 Å². The number of carbonyl (C=O) groups is 2. The van der Waals surface area contributed by atoms with E-state index in [0.717, 1.165) is 5.56 Å². The Morgan fingerprint density at radius 3 is 2.36 bits per heavy atom. The van der Waals surface area contributed by atoms with Crippen molar-refractivity contribution < 1.29 is 22.7 Å². The highest BCUT2D eigenvalue weighted by Crippen LogP contribution is 2.33. The Morgan fingerprint density at radius 1 is 1.18 bits per heavy atom. The van der Waals surface area contributed by atoms with Gasteiger partial charge in [-0.25, -0.2) is 8.42 Å². The molecule has 2 atom stereocenters. The molecular formula is C20H28N2O5S. The molecule has 2 aliphatic rings. The lowest BCUT2D eigenvalue weighted by molar-refractivity contribution is -0.172. The third-order valence-electron chi connectivity index (χ3n) is 5.62. The van der Waals surface area contributed by atoms with Crippen molar-refractivity contribution in [1.82, 2.24) is 9.80 Å². The first kappa shape index (κ1) is 20.8. The van der Waals surface area contributed by atoms with Gasteiger partial charge in [0.15, 0.2) is 6.10 Å². The van der Waals surface area contributed by atoms with Crippen molar-refractivity contribution in [2.75, 3.05) is 25.2 Å². The van der Waals surface area contributed by atoms with Gasteiger partial charge >= 0.3 is 0 Å². The number of morpholine rings is 1. The van der Waals surface area contributed by atoms with Gasteiger partial charge in [-0.15, -0.1) is 0 Å². The largest absolute Gasteiger partial charge is 0.356 e. The van der Waals surface area contributed by atoms with E-state index in [2.05, 4.69) is 0 Å². The van der Waals surface area contributed by atoms with Crippen molar-refractivity contribution in [2.24, 2.45) is 0 Å². The minimum absolute atomic E-state index is 0.0814. The van der Waals surface area contributed by atoms with Gasteiger partial charge in [0.05, 0.1) is 17.5 Å². The quantitative estimate of drug-likeness (QED) is 0.752. The molecule has 2 aliphatic heterocycles. The minimum Gasteiger partial charge on any atom is -0.356 e. The molecule has 0 radical (unpaired) electrons. The van der Waals surface area contributed by atoms with E-state index < -0.39 is 22.0 Å². The number of hydrogen-bond donors (Lipinski definition) is 0. The lowest BCUT2D eigenvalue weighted by Crippen LogP contribution is -2.58. The second-order valence-corrected chi connectivity index (χ2v) is 10.1. The fraction of sp³-hybridized carbons (Fsp3) is 0.600. The van der Waals surface area contributed by atoms with Gasteiger partial charge in [0.2, 0.25) is 5.91 Å². The van der Waals surface area contributed by atoms with Crippen LogP contribution in [-0.4, -0.2) is 73.4 Å². The first-order valence-corrected chi connectivity index (χ1v) is 11.5. The van der Waals surface area contributed by atoms with Gasteiger partial charge in [-0.2, -0.15) is 0 Å². The maximum absolute atomic E-state index is 13.3. The Bertz CT molecular complexity index is 810. The summed E-state index contributed by atoms with van der Waals surface area (Å²) >= 11 is 0. The zero-order chi connectivity index (χ0) is 20.5. The van der Waals surface area contributed by atoms with Crippen molar-refractivity contribution in [2.45, 2.75) is 50.9 Å². The maximum Gasteiger partial charge on any atom is 0.254 e. The molecular weight excluding hydrogens is 380 g/mol. The number of benzene rings is 1. The molecule has 1 aromatic carbocycles. The van der Waals surface area contributed by atoms with Crippen LogP contribution in [0.2, 0.25) is 0 Å². The van der Waals surface area contributed by atoms with E-state index in [1.165, 1.54) is 0 Å². The van der Waals surface area contributed by atoms with Gasteiger partial charge in [-0.1, -0.05) is 30.3 Å². The van der Waals surface area contributed by atoms with Crippen LogP contribution in [0.1, 0.15) is 38.3 Å². The molecule has 2 amide bonds. The first-order chi connectivity index (χ1) is 13.2. The molecule has 0 aliphatic carbocycles. The Hall–Kier alpha value is -1.93. The highest BCUT2D eigenvalue weighted by Gasteiger charge is 2.44. The number of ether oxygens (including phenoxy) is 1. The topological polar surface area (TPSA) is 84.0 Å². The third-order valence-corrected chi connectivity index (χ3v) is 7.34. The van der Waals surface area contributed by atoms with Crippen LogP contribution in [0.15, 0.2) is 30.3 Å². The SMILES string of the molecule is CC(C)N1C(=O)CO[C@H](C(=O)N(C)C2CCS(=O)(=O)CC2)[C@H]1c1ccccc1. The molecule has 0 spiro atoms. The van der Waals surface area contributed by atoms with Crippen LogP contribution in [0.25, 0.3) is 0 Å². The van der Waals surface area contributed by atoms with Crippen molar-refractivity contribution in [1.29, 1.82) is 0 Å². The summed E-state index contributed by atoms with van der Waals surface area (Å²) in [6.07, 6.45) is 0.0475. The fourth-order valence-electron chi connectivity index (χ4n) is 4.07. The number of amides is 2. The lowest BCUT2D eigenvalue weighted by atomic mass is 9.95. The van der Waals surface area contributed by atoms with Crippen LogP contribution in [0.4, 0.5) is 0 Å². The summed E-state index contributed by atoms with van der Waals surface area (Å²) in [4.78, 5) is 29.2. The van der Waals surface area contributed by atoms with Crippen LogP contribution in [0.5, 0.6) is 0 Å². The zero-order valence-electron chi connectivity index (χ0n) is 16.6. The number of likely N-dealkylation sites (N-methyl/N-ethyl adjacent to an activating group) is 1. The molecule has 0 N–H and O–H groups in total. The Labute approximate surface area is 166 Å². The van der Waals surface area contributed by atoms with Crippen molar-refractivity contribution in [3.8, 4) is 0 Å². The number of hydrogen-bond acceptors (Lipinski definition) is 5. The maximum atomic E-state index is 13.3. The summed E-state index contributed by atoms with van der Waals surface area (Å²) in [6.45, 7) is 3.72. The number of nitrogens with zero attached hydrogens (tertiary/aromatic N) is 2. The van der Waals surface area contributed by atoms with E-state index in [9.17, 15) is 18.0 Å². The highest BCUT2D eigenvalue weighted by molar-refractivity contribution is 7.91. The molecule has 3 rings (SSSR count). The Kier molecular flexibility index (Phi) is 6.09. The third kappa shape index (κ3) is 4.22. The molecule has 2 saturated heterocycles. The summed E-state index contributed by atoms with van der Waals surface area (Å²) < 4.78 is 29.2. The molecule has 0 unspecified atom stereocenters. The molecule has 0 aromatic heterocycles. The second kappa shape index (κ2) is 8.21. The molecule has 7 nitrogen and oxygen atoms in total. The Balaban J connectivity index is 1.87. The minimum atomic E-state index is -3.00. The molecule has 2 fully saturated rings. The number of carbonyl (C=O) groups excluding carboxylic acids is 2. The fourth-order valence-corrected chi connectivity index (χ4v) is 5.54. The molecule has 0 bridgehead atoms. The highest BCUT2D eigenvalue weighted by atomic mass is 32.2. The normalized spacial score (nSPS) is 25.7. The first-order valence-electron chi connectivity index (χ1n) is 9.66. The number of rotatable bonds is 4. The monoisotopic (exact) mass is 408 g/mol. The van der Waals surface area contributed by atoms with E-state index in [4.69, 9.17) is 4.74 Å². The van der Waals surface area contributed by atoms with Crippen molar-refractivity contribution >= 4 is 21.7 Å². The molecule has 0 saturated carbocycles. The van der Waals surface area contributed by atoms with E-state index in [1.54, 1.807) is 16.8 Å². The molecule has 28 heavy (non-hydrogen) atoms. The predicted octanol–water partition coefficient (Wildman–Crippen LogP) is 1.40. The van der Waals surface area contributed by atoms with E-state index in [-0.39, 0.29) is 42.0 Å². The lowest BCUT2D eigenvalue weighted by Gasteiger charge is -2.44. The van der Waals surface area contributed by atoms with Gasteiger partial charge in [0, 0.05) is 19.1 Å². The summed E-state index contributed by atoms with van der Waals surface area (Å²) in [5.74, 6) is -0.158. The molecule has 2 heterocycles. The number of sulfone groups is 1. The van der Waals surface area contributed by atoms with Crippen LogP contribution in [0, 0.1) is 0 Å². The average molecular weight is 409 g/mol. The second-order valence-electron chi connectivity index (χ2n) is 7.81. The van der Waals surface area contributed by atoms with Crippen LogP contribution in [-0.2, 0) is 24.2 Å². The van der Waals surface area contributed by atoms with Gasteiger partial charge in [0.25, 0.3) is 5.91 Å². The van der Waals surface area contributed by atoms with Gasteiger partial charge in [-0.3, -0.25) is 9.59 Å². The van der Waals surface area contributed by atoms with E-state index in [0.29, 0.717) is 12.8 Å². The summed E-state index contributed by atoms with van der Waals surface area (Å²) in [7, 11) is -1.30. The molecule has 1 aromatic rings. The Morgan fingerprint density at radius 2 is 1.79 bits per heavy atom. The zero-order valence-corrected chi connectivity index (χ0v) is 17.4. The van der Waals surface area contributed by atoms with Crippen molar-refractivity contribution in [3.63, 3.8) is 0 Å². The average Bonchev–Trinajstić information content (AvgIpc) is 2.67. The summed E-state index contributed by atoms with van der Waals surface area (Å²) in [6, 6.07) is 8.72. The van der Waals surface area contributed by atoms with Crippen LogP contribution < -0.4 is 0 Å². The van der Waals surface area contributed by atoms with Gasteiger partial charge in [0.1, 0.15) is 16.4 Å². The standard InChI is InChI=1S/C20H28N2O5S/c1-14(2)22-17(23)13-27-19(18(22)15-7-5-4-6-8-15)20(24)21(3)16-9-11-28(25,26)12-10-16/h4-8,14,16,18-19H,9-13H2,1-3H3/t18-,19+/m1/s1. The van der Waals surface area contributed by atoms with E-state index in [1.807, 2.05) is 44.2 Å². The van der Waals surface area contributed by atoms with Gasteiger partial charge in [-0.05, 0) is 32.3 Å². The summed E-state index contributed by atoms with van der Waals surface area (Å²) in [5, 5.41) is 0. The van der Waals surface area contributed by atoms with Crippen LogP contribution >= 0.6 is 0 Å². The smallest absolute Gasteiger partial charge is 0.254 e. The van der Waals surface area contributed by atoms with Crippen molar-refractivity contribution in [3.05, 3.63) is 35.9 Å². The van der Waals surface area contributed by atoms with Gasteiger partial charge < -0.3 is 14.5 Å².